The lowest BCUT2D eigenvalue weighted by molar-refractivity contribution is 0.418. The molecular formula is C30H22BrN3O. The van der Waals surface area contributed by atoms with Crippen molar-refractivity contribution in [2.75, 3.05) is 0 Å². The van der Waals surface area contributed by atoms with E-state index in [0.717, 1.165) is 55.2 Å². The van der Waals surface area contributed by atoms with Gasteiger partial charge < -0.3 is 4.74 Å². The maximum atomic E-state index is 6.30. The Bertz CT molecular complexity index is 1490. The van der Waals surface area contributed by atoms with Crippen LogP contribution in [0.15, 0.2) is 102 Å². The summed E-state index contributed by atoms with van der Waals surface area (Å²) in [6, 6.07) is 24.8. The molecule has 4 heterocycles. The predicted molar refractivity (Wildman–Crippen MR) is 142 cm³/mol. The van der Waals surface area contributed by atoms with E-state index >= 15 is 0 Å². The first-order valence-corrected chi connectivity index (χ1v) is 12.2. The monoisotopic (exact) mass is 519 g/mol. The number of rotatable bonds is 3. The van der Waals surface area contributed by atoms with Crippen molar-refractivity contribution in [2.45, 2.75) is 19.3 Å². The largest absolute Gasteiger partial charge is 0.457 e. The van der Waals surface area contributed by atoms with Crippen LogP contribution in [0.1, 0.15) is 25.0 Å². The van der Waals surface area contributed by atoms with Crippen molar-refractivity contribution in [1.29, 1.82) is 0 Å². The van der Waals surface area contributed by atoms with Crippen LogP contribution in [0.5, 0.6) is 11.5 Å². The standard InChI is InChI=1S/C30H22BrN3O/c1-30(2)24-13-19(7-9-28(24)35-29-10-8-23(31)16-25(29)30)22-14-26(20-5-3-11-32-17-20)34-27(15-22)21-6-4-12-33-18-21/h3-18H,1-2H3. The van der Waals surface area contributed by atoms with Gasteiger partial charge in [0.15, 0.2) is 0 Å². The third kappa shape index (κ3) is 3.92. The quantitative estimate of drug-likeness (QED) is 0.241. The highest BCUT2D eigenvalue weighted by atomic mass is 79.9. The minimum absolute atomic E-state index is 0.214. The molecule has 4 nitrogen and oxygen atoms in total. The fourth-order valence-corrected chi connectivity index (χ4v) is 5.01. The van der Waals surface area contributed by atoms with Gasteiger partial charge in [-0.1, -0.05) is 35.8 Å². The average Bonchev–Trinajstić information content (AvgIpc) is 2.90. The smallest absolute Gasteiger partial charge is 0.131 e. The molecule has 0 N–H and O–H groups in total. The third-order valence-electron chi connectivity index (χ3n) is 6.56. The van der Waals surface area contributed by atoms with Crippen LogP contribution in [0, 0.1) is 0 Å². The van der Waals surface area contributed by atoms with Gasteiger partial charge in [-0.25, -0.2) is 4.98 Å². The van der Waals surface area contributed by atoms with Gasteiger partial charge in [-0.3, -0.25) is 9.97 Å². The molecule has 0 atom stereocenters. The molecular weight excluding hydrogens is 498 g/mol. The summed E-state index contributed by atoms with van der Waals surface area (Å²) in [4.78, 5) is 13.5. The highest BCUT2D eigenvalue weighted by Crippen LogP contribution is 2.49. The van der Waals surface area contributed by atoms with Gasteiger partial charge in [-0.05, 0) is 77.9 Å². The van der Waals surface area contributed by atoms with Gasteiger partial charge in [0, 0.05) is 56.9 Å². The maximum absolute atomic E-state index is 6.30. The van der Waals surface area contributed by atoms with Gasteiger partial charge in [0.05, 0.1) is 11.4 Å². The van der Waals surface area contributed by atoms with Crippen molar-refractivity contribution in [3.63, 3.8) is 0 Å². The summed E-state index contributed by atoms with van der Waals surface area (Å²) in [5, 5.41) is 0. The molecule has 0 radical (unpaired) electrons. The maximum Gasteiger partial charge on any atom is 0.131 e. The molecule has 1 aliphatic rings. The highest BCUT2D eigenvalue weighted by molar-refractivity contribution is 9.10. The van der Waals surface area contributed by atoms with Crippen LogP contribution in [0.4, 0.5) is 0 Å². The number of ether oxygens (including phenoxy) is 1. The molecule has 0 fully saturated rings. The van der Waals surface area contributed by atoms with Crippen molar-refractivity contribution in [1.82, 2.24) is 15.0 Å². The molecule has 0 bridgehead atoms. The summed E-state index contributed by atoms with van der Waals surface area (Å²) < 4.78 is 7.34. The van der Waals surface area contributed by atoms with E-state index in [1.165, 1.54) is 5.56 Å². The first-order valence-electron chi connectivity index (χ1n) is 11.4. The van der Waals surface area contributed by atoms with Crippen LogP contribution in [0.2, 0.25) is 0 Å². The second kappa shape index (κ2) is 8.43. The lowest BCUT2D eigenvalue weighted by Crippen LogP contribution is -2.24. The Labute approximate surface area is 212 Å². The van der Waals surface area contributed by atoms with Crippen molar-refractivity contribution >= 4 is 15.9 Å². The Kier molecular flexibility index (Phi) is 5.23. The minimum Gasteiger partial charge on any atom is -0.457 e. The van der Waals surface area contributed by atoms with Crippen LogP contribution in [0.25, 0.3) is 33.6 Å². The van der Waals surface area contributed by atoms with Gasteiger partial charge in [0.1, 0.15) is 11.5 Å². The number of pyridine rings is 3. The molecule has 35 heavy (non-hydrogen) atoms. The van der Waals surface area contributed by atoms with Gasteiger partial charge >= 0.3 is 0 Å². The number of benzene rings is 2. The Morgan fingerprint density at radius 3 is 1.86 bits per heavy atom. The Hall–Kier alpha value is -3.83. The molecule has 5 heteroatoms. The van der Waals surface area contributed by atoms with E-state index in [-0.39, 0.29) is 5.41 Å². The molecule has 0 saturated carbocycles. The van der Waals surface area contributed by atoms with Crippen LogP contribution in [-0.4, -0.2) is 15.0 Å². The van der Waals surface area contributed by atoms with Crippen molar-refractivity contribution in [3.8, 4) is 45.1 Å². The van der Waals surface area contributed by atoms with Crippen molar-refractivity contribution in [2.24, 2.45) is 0 Å². The molecule has 0 unspecified atom stereocenters. The van der Waals surface area contributed by atoms with Crippen LogP contribution >= 0.6 is 15.9 Å². The third-order valence-corrected chi connectivity index (χ3v) is 7.05. The summed E-state index contributed by atoms with van der Waals surface area (Å²) in [5.74, 6) is 1.79. The fraction of sp³-hybridized carbons (Fsp3) is 0.100. The Morgan fingerprint density at radius 2 is 1.26 bits per heavy atom. The number of fused-ring (bicyclic) bond motifs is 2. The topological polar surface area (TPSA) is 47.9 Å². The molecule has 1 aliphatic heterocycles. The molecule has 0 spiro atoms. The molecule has 2 aromatic carbocycles. The summed E-state index contributed by atoms with van der Waals surface area (Å²) in [7, 11) is 0. The van der Waals surface area contributed by atoms with E-state index in [0.29, 0.717) is 0 Å². The molecule has 0 amide bonds. The van der Waals surface area contributed by atoms with Crippen molar-refractivity contribution < 1.29 is 4.74 Å². The summed E-state index contributed by atoms with van der Waals surface area (Å²) >= 11 is 3.62. The van der Waals surface area contributed by atoms with E-state index < -0.39 is 0 Å². The summed E-state index contributed by atoms with van der Waals surface area (Å²) in [5.41, 5.74) is 7.98. The highest BCUT2D eigenvalue weighted by Gasteiger charge is 2.34. The van der Waals surface area contributed by atoms with Gasteiger partial charge in [-0.15, -0.1) is 0 Å². The van der Waals surface area contributed by atoms with Crippen LogP contribution in [-0.2, 0) is 5.41 Å². The van der Waals surface area contributed by atoms with Crippen molar-refractivity contribution in [3.05, 3.63) is 113 Å². The molecule has 6 rings (SSSR count). The lowest BCUT2D eigenvalue weighted by Gasteiger charge is -2.35. The predicted octanol–water partition coefficient (Wildman–Crippen LogP) is 8.07. The lowest BCUT2D eigenvalue weighted by atomic mass is 9.75. The minimum atomic E-state index is -0.214. The number of nitrogens with zero attached hydrogens (tertiary/aromatic N) is 3. The Balaban J connectivity index is 1.52. The summed E-state index contributed by atoms with van der Waals surface area (Å²) in [6.07, 6.45) is 7.24. The number of hydrogen-bond donors (Lipinski definition) is 0. The van der Waals surface area contributed by atoms with Gasteiger partial charge in [0.2, 0.25) is 0 Å². The molecule has 5 aromatic rings. The zero-order valence-electron chi connectivity index (χ0n) is 19.4. The van der Waals surface area contributed by atoms with Gasteiger partial charge in [0.25, 0.3) is 0 Å². The van der Waals surface area contributed by atoms with E-state index in [1.54, 1.807) is 12.4 Å². The Morgan fingerprint density at radius 1 is 0.657 bits per heavy atom. The van der Waals surface area contributed by atoms with E-state index in [4.69, 9.17) is 9.72 Å². The molecule has 0 saturated heterocycles. The summed E-state index contributed by atoms with van der Waals surface area (Å²) in [6.45, 7) is 4.50. The zero-order chi connectivity index (χ0) is 24.0. The zero-order valence-corrected chi connectivity index (χ0v) is 21.0. The average molecular weight is 520 g/mol. The van der Waals surface area contributed by atoms with E-state index in [2.05, 4.69) is 76.1 Å². The van der Waals surface area contributed by atoms with E-state index in [1.807, 2.05) is 48.8 Å². The molecule has 170 valence electrons. The number of hydrogen-bond acceptors (Lipinski definition) is 4. The normalized spacial score (nSPS) is 13.5. The second-order valence-electron chi connectivity index (χ2n) is 9.19. The first kappa shape index (κ1) is 21.7. The number of halogens is 1. The van der Waals surface area contributed by atoms with Crippen LogP contribution in [0.3, 0.4) is 0 Å². The SMILES string of the molecule is CC1(C)c2cc(Br)ccc2Oc2ccc(-c3cc(-c4cccnc4)nc(-c4cccnc4)c3)cc21. The fourth-order valence-electron chi connectivity index (χ4n) is 4.65. The van der Waals surface area contributed by atoms with E-state index in [9.17, 15) is 0 Å². The second-order valence-corrected chi connectivity index (χ2v) is 10.1. The molecule has 3 aromatic heterocycles. The van der Waals surface area contributed by atoms with Gasteiger partial charge in [-0.2, -0.15) is 0 Å². The first-order chi connectivity index (χ1) is 17.0. The number of aromatic nitrogens is 3. The molecule has 0 aliphatic carbocycles. The van der Waals surface area contributed by atoms with Crippen LogP contribution < -0.4 is 4.74 Å².